The van der Waals surface area contributed by atoms with E-state index in [-0.39, 0.29) is 11.5 Å². The maximum Gasteiger partial charge on any atom is 0.0850 e. The van der Waals surface area contributed by atoms with E-state index in [9.17, 15) is 5.11 Å². The lowest BCUT2D eigenvalue weighted by molar-refractivity contribution is -0.159. The minimum Gasteiger partial charge on any atom is -0.388 e. The smallest absolute Gasteiger partial charge is 0.0850 e. The average Bonchev–Trinajstić information content (AvgIpc) is 2.96. The van der Waals surface area contributed by atoms with E-state index in [1.165, 1.54) is 0 Å². The summed E-state index contributed by atoms with van der Waals surface area (Å²) in [5.41, 5.74) is 0.865. The summed E-state index contributed by atoms with van der Waals surface area (Å²) in [4.78, 5) is 0. The van der Waals surface area contributed by atoms with Gasteiger partial charge in [-0.1, -0.05) is 0 Å². The standard InChI is InChI=1S/C15H24N2O3/c1-2-17-11-13(10-16-17)14(18)12-3-6-20-15(9-12)4-7-19-8-5-15/h10-12,14,18H,2-9H2,1H3. The Morgan fingerprint density at radius 1 is 1.45 bits per heavy atom. The first-order valence-corrected chi connectivity index (χ1v) is 7.64. The van der Waals surface area contributed by atoms with Crippen molar-refractivity contribution in [2.45, 2.75) is 50.9 Å². The third-order valence-electron chi connectivity index (χ3n) is 4.70. The Morgan fingerprint density at radius 3 is 2.95 bits per heavy atom. The van der Waals surface area contributed by atoms with Crippen LogP contribution in [0.4, 0.5) is 0 Å². The predicted octanol–water partition coefficient (Wildman–Crippen LogP) is 1.91. The molecular weight excluding hydrogens is 256 g/mol. The zero-order chi connectivity index (χ0) is 14.0. The van der Waals surface area contributed by atoms with Crippen LogP contribution in [0.15, 0.2) is 12.4 Å². The summed E-state index contributed by atoms with van der Waals surface area (Å²) < 4.78 is 13.3. The van der Waals surface area contributed by atoms with Gasteiger partial charge in [-0.15, -0.1) is 0 Å². The van der Waals surface area contributed by atoms with Gasteiger partial charge in [0.05, 0.1) is 17.9 Å². The van der Waals surface area contributed by atoms with Crippen molar-refractivity contribution < 1.29 is 14.6 Å². The van der Waals surface area contributed by atoms with Crippen molar-refractivity contribution >= 4 is 0 Å². The molecule has 0 bridgehead atoms. The summed E-state index contributed by atoms with van der Waals surface area (Å²) in [7, 11) is 0. The molecule has 1 aromatic heterocycles. The van der Waals surface area contributed by atoms with E-state index < -0.39 is 6.10 Å². The Bertz CT molecular complexity index is 435. The second kappa shape index (κ2) is 5.84. The minimum atomic E-state index is -0.432. The van der Waals surface area contributed by atoms with E-state index in [1.54, 1.807) is 6.20 Å². The van der Waals surface area contributed by atoms with E-state index in [4.69, 9.17) is 9.47 Å². The highest BCUT2D eigenvalue weighted by Gasteiger charge is 2.41. The van der Waals surface area contributed by atoms with Gasteiger partial charge in [0.15, 0.2) is 0 Å². The molecule has 0 saturated carbocycles. The summed E-state index contributed by atoms with van der Waals surface area (Å²) in [6, 6.07) is 0. The van der Waals surface area contributed by atoms with Crippen LogP contribution in [0.5, 0.6) is 0 Å². The van der Waals surface area contributed by atoms with E-state index in [2.05, 4.69) is 12.0 Å². The third-order valence-corrected chi connectivity index (χ3v) is 4.70. The number of hydrogen-bond donors (Lipinski definition) is 1. The number of nitrogens with zero attached hydrogens (tertiary/aromatic N) is 2. The van der Waals surface area contributed by atoms with Gasteiger partial charge in [-0.05, 0) is 38.5 Å². The maximum atomic E-state index is 10.6. The molecule has 3 rings (SSSR count). The number of aliphatic hydroxyl groups excluding tert-OH is 1. The van der Waals surface area contributed by atoms with Crippen molar-refractivity contribution in [1.82, 2.24) is 9.78 Å². The molecule has 2 aliphatic heterocycles. The molecule has 0 aliphatic carbocycles. The molecule has 5 nitrogen and oxygen atoms in total. The Labute approximate surface area is 119 Å². The summed E-state index contributed by atoms with van der Waals surface area (Å²) in [6.45, 7) is 5.17. The number of hydrogen-bond acceptors (Lipinski definition) is 4. The topological polar surface area (TPSA) is 56.5 Å². The second-order valence-electron chi connectivity index (χ2n) is 5.97. The van der Waals surface area contributed by atoms with E-state index in [1.807, 2.05) is 10.9 Å². The van der Waals surface area contributed by atoms with Crippen molar-refractivity contribution in [1.29, 1.82) is 0 Å². The van der Waals surface area contributed by atoms with Crippen LogP contribution >= 0.6 is 0 Å². The van der Waals surface area contributed by atoms with Crippen molar-refractivity contribution in [3.63, 3.8) is 0 Å². The fourth-order valence-electron chi connectivity index (χ4n) is 3.40. The van der Waals surface area contributed by atoms with Crippen molar-refractivity contribution in [3.05, 3.63) is 18.0 Å². The molecule has 0 radical (unpaired) electrons. The minimum absolute atomic E-state index is 0.0666. The lowest BCUT2D eigenvalue weighted by Gasteiger charge is -2.44. The van der Waals surface area contributed by atoms with Crippen LogP contribution < -0.4 is 0 Å². The molecule has 2 fully saturated rings. The third kappa shape index (κ3) is 2.75. The normalized spacial score (nSPS) is 27.6. The molecule has 1 N–H and O–H groups in total. The van der Waals surface area contributed by atoms with Crippen LogP contribution in [0.3, 0.4) is 0 Å². The highest BCUT2D eigenvalue weighted by Crippen LogP contribution is 2.41. The van der Waals surface area contributed by atoms with Crippen LogP contribution in [0.2, 0.25) is 0 Å². The van der Waals surface area contributed by atoms with Crippen molar-refractivity contribution in [2.75, 3.05) is 19.8 Å². The number of aryl methyl sites for hydroxylation is 1. The van der Waals surface area contributed by atoms with Gasteiger partial charge in [0.2, 0.25) is 0 Å². The molecule has 0 amide bonds. The molecule has 2 atom stereocenters. The molecule has 3 heterocycles. The first kappa shape index (κ1) is 14.0. The number of aliphatic hydroxyl groups is 1. The highest BCUT2D eigenvalue weighted by atomic mass is 16.5. The van der Waals surface area contributed by atoms with Gasteiger partial charge in [-0.3, -0.25) is 4.68 Å². The highest BCUT2D eigenvalue weighted by molar-refractivity contribution is 5.10. The molecule has 0 aromatic carbocycles. The van der Waals surface area contributed by atoms with Crippen LogP contribution in [0, 0.1) is 5.92 Å². The molecule has 20 heavy (non-hydrogen) atoms. The average molecular weight is 280 g/mol. The molecule has 2 aliphatic rings. The summed E-state index contributed by atoms with van der Waals surface area (Å²) >= 11 is 0. The van der Waals surface area contributed by atoms with Gasteiger partial charge in [0, 0.05) is 38.1 Å². The van der Waals surface area contributed by atoms with Crippen LogP contribution in [-0.4, -0.2) is 40.3 Å². The monoisotopic (exact) mass is 280 g/mol. The molecule has 2 saturated heterocycles. The van der Waals surface area contributed by atoms with Crippen LogP contribution in [-0.2, 0) is 16.0 Å². The fourth-order valence-corrected chi connectivity index (χ4v) is 3.40. The van der Waals surface area contributed by atoms with Crippen molar-refractivity contribution in [3.8, 4) is 0 Å². The largest absolute Gasteiger partial charge is 0.388 e. The molecule has 112 valence electrons. The Balaban J connectivity index is 1.69. The lowest BCUT2D eigenvalue weighted by atomic mass is 9.77. The zero-order valence-corrected chi connectivity index (χ0v) is 12.1. The van der Waals surface area contributed by atoms with E-state index in [0.29, 0.717) is 0 Å². The van der Waals surface area contributed by atoms with Gasteiger partial charge < -0.3 is 14.6 Å². The Morgan fingerprint density at radius 2 is 2.25 bits per heavy atom. The first-order valence-electron chi connectivity index (χ1n) is 7.64. The molecular formula is C15H24N2O3. The van der Waals surface area contributed by atoms with E-state index >= 15 is 0 Å². The number of rotatable bonds is 3. The summed E-state index contributed by atoms with van der Waals surface area (Å²) in [6.07, 6.45) is 7.06. The number of ether oxygens (including phenoxy) is 2. The van der Waals surface area contributed by atoms with E-state index in [0.717, 1.165) is 57.6 Å². The van der Waals surface area contributed by atoms with Crippen molar-refractivity contribution in [2.24, 2.45) is 5.92 Å². The number of aromatic nitrogens is 2. The fraction of sp³-hybridized carbons (Fsp3) is 0.800. The lowest BCUT2D eigenvalue weighted by Crippen LogP contribution is -2.45. The van der Waals surface area contributed by atoms with Gasteiger partial charge in [0.1, 0.15) is 0 Å². The first-order chi connectivity index (χ1) is 9.72. The SMILES string of the molecule is CCn1cc(C(O)C2CCOC3(CCOCC3)C2)cn1. The molecule has 5 heteroatoms. The van der Waals surface area contributed by atoms with Gasteiger partial charge in [-0.2, -0.15) is 5.10 Å². The Kier molecular flexibility index (Phi) is 4.10. The Hall–Kier alpha value is -0.910. The molecule has 2 unspecified atom stereocenters. The molecule has 1 spiro atoms. The zero-order valence-electron chi connectivity index (χ0n) is 12.1. The van der Waals surface area contributed by atoms with Gasteiger partial charge in [-0.25, -0.2) is 0 Å². The molecule has 1 aromatic rings. The predicted molar refractivity (Wildman–Crippen MR) is 74.3 cm³/mol. The maximum absolute atomic E-state index is 10.6. The summed E-state index contributed by atoms with van der Waals surface area (Å²) in [5, 5.41) is 14.9. The quantitative estimate of drug-likeness (QED) is 0.919. The van der Waals surface area contributed by atoms with Gasteiger partial charge >= 0.3 is 0 Å². The second-order valence-corrected chi connectivity index (χ2v) is 5.97. The summed E-state index contributed by atoms with van der Waals surface area (Å²) in [5.74, 6) is 0.261. The van der Waals surface area contributed by atoms with Crippen LogP contribution in [0.1, 0.15) is 44.3 Å². The van der Waals surface area contributed by atoms with Crippen LogP contribution in [0.25, 0.3) is 0 Å². The van der Waals surface area contributed by atoms with Gasteiger partial charge in [0.25, 0.3) is 0 Å².